The van der Waals surface area contributed by atoms with Gasteiger partial charge in [-0.3, -0.25) is 0 Å². The molecule has 1 N–H and O–H groups in total. The zero-order valence-electron chi connectivity index (χ0n) is 9.66. The van der Waals surface area contributed by atoms with E-state index in [4.69, 9.17) is 0 Å². The van der Waals surface area contributed by atoms with Crippen LogP contribution in [0.25, 0.3) is 0 Å². The van der Waals surface area contributed by atoms with Crippen LogP contribution in [0.15, 0.2) is 24.3 Å². The second-order valence-corrected chi connectivity index (χ2v) is 4.47. The Morgan fingerprint density at radius 1 is 1.40 bits per heavy atom. The first kappa shape index (κ1) is 10.7. The Bertz CT molecular complexity index is 322. The highest BCUT2D eigenvalue weighted by atomic mass is 15.1. The molecule has 0 saturated heterocycles. The van der Waals surface area contributed by atoms with Crippen molar-refractivity contribution in [2.45, 2.75) is 12.3 Å². The molecule has 0 spiro atoms. The van der Waals surface area contributed by atoms with Gasteiger partial charge in [0.1, 0.15) is 0 Å². The Morgan fingerprint density at radius 2 is 2.20 bits per heavy atom. The first-order valence-electron chi connectivity index (χ1n) is 5.72. The van der Waals surface area contributed by atoms with E-state index < -0.39 is 0 Å². The average Bonchev–Trinajstić information content (AvgIpc) is 2.23. The van der Waals surface area contributed by atoms with Gasteiger partial charge in [0.15, 0.2) is 0 Å². The lowest BCUT2D eigenvalue weighted by Crippen LogP contribution is -2.34. The first-order chi connectivity index (χ1) is 7.31. The Morgan fingerprint density at radius 3 is 2.93 bits per heavy atom. The van der Waals surface area contributed by atoms with Gasteiger partial charge in [-0.15, -0.1) is 0 Å². The quantitative estimate of drug-likeness (QED) is 0.781. The minimum absolute atomic E-state index is 0.767. The van der Waals surface area contributed by atoms with Gasteiger partial charge in [-0.25, -0.2) is 0 Å². The van der Waals surface area contributed by atoms with Gasteiger partial charge in [0.2, 0.25) is 0 Å². The number of nitrogens with one attached hydrogen (secondary N) is 1. The molecule has 2 rings (SSSR count). The SMILES string of the molecule is CNCCN(C)CC1Cc2ccccc21. The first-order valence-corrected chi connectivity index (χ1v) is 5.72. The maximum atomic E-state index is 3.19. The van der Waals surface area contributed by atoms with Crippen molar-refractivity contribution >= 4 is 0 Å². The Kier molecular flexibility index (Phi) is 3.39. The van der Waals surface area contributed by atoms with Crippen molar-refractivity contribution in [2.24, 2.45) is 0 Å². The molecule has 1 aliphatic carbocycles. The van der Waals surface area contributed by atoms with E-state index >= 15 is 0 Å². The lowest BCUT2D eigenvalue weighted by molar-refractivity contribution is 0.300. The maximum absolute atomic E-state index is 3.19. The van der Waals surface area contributed by atoms with Crippen molar-refractivity contribution in [1.29, 1.82) is 0 Å². The largest absolute Gasteiger partial charge is 0.318 e. The lowest BCUT2D eigenvalue weighted by Gasteiger charge is -2.33. The van der Waals surface area contributed by atoms with E-state index in [1.54, 1.807) is 11.1 Å². The fourth-order valence-corrected chi connectivity index (χ4v) is 2.30. The predicted octanol–water partition coefficient (Wildman–Crippen LogP) is 1.48. The highest BCUT2D eigenvalue weighted by Gasteiger charge is 2.25. The fraction of sp³-hybridized carbons (Fsp3) is 0.538. The number of nitrogens with zero attached hydrogens (tertiary/aromatic N) is 1. The highest BCUT2D eigenvalue weighted by molar-refractivity contribution is 5.40. The van der Waals surface area contributed by atoms with E-state index in [-0.39, 0.29) is 0 Å². The Hall–Kier alpha value is -0.860. The summed E-state index contributed by atoms with van der Waals surface area (Å²) < 4.78 is 0. The van der Waals surface area contributed by atoms with Gasteiger partial charge in [-0.1, -0.05) is 24.3 Å². The third kappa shape index (κ3) is 2.39. The van der Waals surface area contributed by atoms with Crippen LogP contribution in [0.1, 0.15) is 17.0 Å². The number of hydrogen-bond donors (Lipinski definition) is 1. The molecule has 1 aliphatic rings. The Labute approximate surface area is 92.3 Å². The van der Waals surface area contributed by atoms with Crippen LogP contribution in [-0.2, 0) is 6.42 Å². The maximum Gasteiger partial charge on any atom is 0.0104 e. The van der Waals surface area contributed by atoms with Crippen molar-refractivity contribution in [3.05, 3.63) is 35.4 Å². The molecule has 1 unspecified atom stereocenters. The molecule has 0 aliphatic heterocycles. The standard InChI is InChI=1S/C13H20N2/c1-14-7-8-15(2)10-12-9-11-5-3-4-6-13(11)12/h3-6,12,14H,7-10H2,1-2H3. The van der Waals surface area contributed by atoms with Crippen LogP contribution in [0.4, 0.5) is 0 Å². The molecule has 1 aromatic rings. The molecule has 0 fully saturated rings. The normalized spacial score (nSPS) is 18.7. The van der Waals surface area contributed by atoms with E-state index in [0.29, 0.717) is 0 Å². The van der Waals surface area contributed by atoms with Crippen LogP contribution in [0.5, 0.6) is 0 Å². The van der Waals surface area contributed by atoms with Crippen LogP contribution in [0.3, 0.4) is 0 Å². The van der Waals surface area contributed by atoms with Crippen LogP contribution in [0, 0.1) is 0 Å². The van der Waals surface area contributed by atoms with Crippen molar-refractivity contribution < 1.29 is 0 Å². The molecule has 0 radical (unpaired) electrons. The average molecular weight is 204 g/mol. The number of benzene rings is 1. The molecular formula is C13H20N2. The van der Waals surface area contributed by atoms with Crippen LogP contribution < -0.4 is 5.32 Å². The van der Waals surface area contributed by atoms with Gasteiger partial charge in [0.25, 0.3) is 0 Å². The second kappa shape index (κ2) is 4.77. The van der Waals surface area contributed by atoms with Gasteiger partial charge < -0.3 is 10.2 Å². The minimum atomic E-state index is 0.767. The minimum Gasteiger partial charge on any atom is -0.318 e. The summed E-state index contributed by atoms with van der Waals surface area (Å²) >= 11 is 0. The van der Waals surface area contributed by atoms with Gasteiger partial charge in [-0.2, -0.15) is 0 Å². The molecular weight excluding hydrogens is 184 g/mol. The second-order valence-electron chi connectivity index (χ2n) is 4.47. The summed E-state index contributed by atoms with van der Waals surface area (Å²) in [7, 11) is 4.21. The third-order valence-electron chi connectivity index (χ3n) is 3.24. The highest BCUT2D eigenvalue weighted by Crippen LogP contribution is 2.34. The topological polar surface area (TPSA) is 15.3 Å². The van der Waals surface area contributed by atoms with Crippen molar-refractivity contribution in [3.8, 4) is 0 Å². The third-order valence-corrected chi connectivity index (χ3v) is 3.24. The molecule has 0 heterocycles. The molecule has 0 aromatic heterocycles. The number of fused-ring (bicyclic) bond motifs is 1. The molecule has 0 amide bonds. The Balaban J connectivity index is 1.84. The van der Waals surface area contributed by atoms with Gasteiger partial charge >= 0.3 is 0 Å². The molecule has 1 aromatic carbocycles. The van der Waals surface area contributed by atoms with E-state index in [1.807, 2.05) is 7.05 Å². The molecule has 15 heavy (non-hydrogen) atoms. The van der Waals surface area contributed by atoms with E-state index in [9.17, 15) is 0 Å². The molecule has 0 bridgehead atoms. The number of rotatable bonds is 5. The molecule has 82 valence electrons. The zero-order valence-corrected chi connectivity index (χ0v) is 9.66. The summed E-state index contributed by atoms with van der Waals surface area (Å²) in [6.07, 6.45) is 1.26. The van der Waals surface area contributed by atoms with Gasteiger partial charge in [0.05, 0.1) is 0 Å². The van der Waals surface area contributed by atoms with Crippen LogP contribution in [0.2, 0.25) is 0 Å². The summed E-state index contributed by atoms with van der Waals surface area (Å²) in [5.74, 6) is 0.767. The van der Waals surface area contributed by atoms with Gasteiger partial charge in [-0.05, 0) is 31.6 Å². The van der Waals surface area contributed by atoms with E-state index in [2.05, 4.69) is 41.5 Å². The van der Waals surface area contributed by atoms with E-state index in [0.717, 1.165) is 19.0 Å². The number of likely N-dealkylation sites (N-methyl/N-ethyl adjacent to an activating group) is 2. The summed E-state index contributed by atoms with van der Waals surface area (Å²) in [5.41, 5.74) is 3.11. The van der Waals surface area contributed by atoms with Crippen LogP contribution in [-0.4, -0.2) is 38.6 Å². The molecule has 2 heteroatoms. The summed E-state index contributed by atoms with van der Waals surface area (Å²) in [6.45, 7) is 3.40. The summed E-state index contributed by atoms with van der Waals surface area (Å²) in [5, 5.41) is 3.19. The van der Waals surface area contributed by atoms with Crippen molar-refractivity contribution in [3.63, 3.8) is 0 Å². The van der Waals surface area contributed by atoms with Crippen LogP contribution >= 0.6 is 0 Å². The lowest BCUT2D eigenvalue weighted by atomic mass is 9.77. The van der Waals surface area contributed by atoms with Gasteiger partial charge in [0, 0.05) is 25.6 Å². The van der Waals surface area contributed by atoms with Crippen molar-refractivity contribution in [2.75, 3.05) is 33.7 Å². The smallest absolute Gasteiger partial charge is 0.0104 e. The monoisotopic (exact) mass is 204 g/mol. The summed E-state index contributed by atoms with van der Waals surface area (Å²) in [6, 6.07) is 8.81. The van der Waals surface area contributed by atoms with E-state index in [1.165, 1.54) is 13.0 Å². The summed E-state index contributed by atoms with van der Waals surface area (Å²) in [4.78, 5) is 2.41. The fourth-order valence-electron chi connectivity index (χ4n) is 2.30. The molecule has 0 saturated carbocycles. The molecule has 1 atom stereocenters. The van der Waals surface area contributed by atoms with Crippen molar-refractivity contribution in [1.82, 2.24) is 10.2 Å². The predicted molar refractivity (Wildman–Crippen MR) is 64.3 cm³/mol. The molecule has 2 nitrogen and oxygen atoms in total. The zero-order chi connectivity index (χ0) is 10.7. The number of hydrogen-bond acceptors (Lipinski definition) is 2.